The van der Waals surface area contributed by atoms with Gasteiger partial charge in [-0.15, -0.1) is 0 Å². The lowest BCUT2D eigenvalue weighted by Crippen LogP contribution is -2.29. The van der Waals surface area contributed by atoms with Gasteiger partial charge in [-0.2, -0.15) is 0 Å². The molecule has 0 amide bonds. The van der Waals surface area contributed by atoms with E-state index in [4.69, 9.17) is 29.6 Å². The molecular formula is C10H13ClN2O4S3. The molecule has 0 bridgehead atoms. The lowest BCUT2D eigenvalue weighted by atomic mass is 10.2. The van der Waals surface area contributed by atoms with Crippen LogP contribution >= 0.6 is 23.8 Å². The van der Waals surface area contributed by atoms with Gasteiger partial charge in [-0.1, -0.05) is 29.9 Å². The molecule has 1 rings (SSSR count). The largest absolute Gasteiger partial charge is 0.389 e. The summed E-state index contributed by atoms with van der Waals surface area (Å²) in [5.41, 5.74) is 5.78. The fourth-order valence-electron chi connectivity index (χ4n) is 1.30. The van der Waals surface area contributed by atoms with Gasteiger partial charge in [0.1, 0.15) is 19.7 Å². The van der Waals surface area contributed by atoms with Crippen molar-refractivity contribution in [3.63, 3.8) is 0 Å². The van der Waals surface area contributed by atoms with Crippen LogP contribution in [0.25, 0.3) is 0 Å². The van der Waals surface area contributed by atoms with Gasteiger partial charge >= 0.3 is 0 Å². The molecule has 0 radical (unpaired) electrons. The van der Waals surface area contributed by atoms with E-state index in [0.29, 0.717) is 5.56 Å². The summed E-state index contributed by atoms with van der Waals surface area (Å²) in [6.07, 6.45) is 1.02. The molecule has 0 saturated heterocycles. The highest BCUT2D eigenvalue weighted by Crippen LogP contribution is 2.22. The number of nitrogens with one attached hydrogen (secondary N) is 1. The van der Waals surface area contributed by atoms with E-state index in [-0.39, 0.29) is 27.2 Å². The standard InChI is InChI=1S/C10H13ClN2O4S3/c1-19(14,15)5-4-13-20(16,17)9-6-7(10(12)18)2-3-8(9)11/h2-3,6,13H,4-5H2,1H3,(H2,12,18). The Morgan fingerprint density at radius 1 is 1.35 bits per heavy atom. The smallest absolute Gasteiger partial charge is 0.242 e. The van der Waals surface area contributed by atoms with Gasteiger partial charge in [0.15, 0.2) is 0 Å². The van der Waals surface area contributed by atoms with Crippen molar-refractivity contribution in [3.8, 4) is 0 Å². The van der Waals surface area contributed by atoms with Crippen LogP contribution in [-0.2, 0) is 19.9 Å². The van der Waals surface area contributed by atoms with Crippen molar-refractivity contribution in [2.45, 2.75) is 4.90 Å². The second-order valence-electron chi connectivity index (χ2n) is 4.04. The maximum atomic E-state index is 12.0. The molecule has 0 aliphatic rings. The van der Waals surface area contributed by atoms with Crippen LogP contribution in [0.1, 0.15) is 5.56 Å². The van der Waals surface area contributed by atoms with Crippen molar-refractivity contribution in [1.82, 2.24) is 4.72 Å². The summed E-state index contributed by atoms with van der Waals surface area (Å²) in [5.74, 6) is -0.307. The molecule has 0 aliphatic carbocycles. The van der Waals surface area contributed by atoms with Crippen molar-refractivity contribution in [2.75, 3.05) is 18.6 Å². The lowest BCUT2D eigenvalue weighted by molar-refractivity contribution is 0.582. The van der Waals surface area contributed by atoms with Crippen LogP contribution in [0, 0.1) is 0 Å². The predicted molar refractivity (Wildman–Crippen MR) is 82.2 cm³/mol. The molecule has 3 N–H and O–H groups in total. The normalized spacial score (nSPS) is 12.3. The molecule has 0 heterocycles. The number of sulfone groups is 1. The quantitative estimate of drug-likeness (QED) is 0.710. The first kappa shape index (κ1) is 17.3. The van der Waals surface area contributed by atoms with Crippen molar-refractivity contribution in [2.24, 2.45) is 5.73 Å². The first-order valence-corrected chi connectivity index (χ1v) is 9.63. The minimum absolute atomic E-state index is 0.00291. The number of sulfonamides is 1. The number of nitrogens with two attached hydrogens (primary N) is 1. The highest BCUT2D eigenvalue weighted by Gasteiger charge is 2.19. The van der Waals surface area contributed by atoms with Crippen molar-refractivity contribution >= 4 is 48.7 Å². The number of hydrogen-bond acceptors (Lipinski definition) is 5. The third-order valence-corrected chi connectivity index (χ3v) is 5.39. The van der Waals surface area contributed by atoms with Gasteiger partial charge in [0.25, 0.3) is 0 Å². The molecule has 1 aromatic rings. The molecule has 6 nitrogen and oxygen atoms in total. The molecule has 0 aliphatic heterocycles. The molecule has 0 aromatic heterocycles. The third-order valence-electron chi connectivity index (χ3n) is 2.27. The third kappa shape index (κ3) is 4.98. The Hall–Kier alpha value is -0.740. The predicted octanol–water partition coefficient (Wildman–Crippen LogP) is 0.297. The van der Waals surface area contributed by atoms with E-state index in [2.05, 4.69) is 4.72 Å². The Bertz CT molecular complexity index is 729. The zero-order valence-electron chi connectivity index (χ0n) is 10.5. The molecule has 112 valence electrons. The van der Waals surface area contributed by atoms with E-state index in [9.17, 15) is 16.8 Å². The average molecular weight is 357 g/mol. The van der Waals surface area contributed by atoms with Crippen LogP contribution in [0.5, 0.6) is 0 Å². The van der Waals surface area contributed by atoms with Crippen LogP contribution in [0.2, 0.25) is 5.02 Å². The van der Waals surface area contributed by atoms with Gasteiger partial charge in [-0.05, 0) is 12.1 Å². The van der Waals surface area contributed by atoms with E-state index in [1.54, 1.807) is 0 Å². The molecule has 1 aromatic carbocycles. The van der Waals surface area contributed by atoms with E-state index >= 15 is 0 Å². The second kappa shape index (κ2) is 6.35. The first-order chi connectivity index (χ1) is 9.03. The van der Waals surface area contributed by atoms with E-state index in [1.165, 1.54) is 18.2 Å². The van der Waals surface area contributed by atoms with Gasteiger partial charge < -0.3 is 5.73 Å². The van der Waals surface area contributed by atoms with Gasteiger partial charge in [0.05, 0.1) is 10.8 Å². The molecule has 20 heavy (non-hydrogen) atoms. The summed E-state index contributed by atoms with van der Waals surface area (Å²) in [7, 11) is -7.19. The number of benzene rings is 1. The molecule has 0 atom stereocenters. The zero-order valence-corrected chi connectivity index (χ0v) is 13.7. The van der Waals surface area contributed by atoms with E-state index < -0.39 is 19.9 Å². The van der Waals surface area contributed by atoms with Crippen molar-refractivity contribution < 1.29 is 16.8 Å². The van der Waals surface area contributed by atoms with Gasteiger partial charge in [-0.3, -0.25) is 0 Å². The highest BCUT2D eigenvalue weighted by molar-refractivity contribution is 7.91. The van der Waals surface area contributed by atoms with E-state index in [0.717, 1.165) is 6.26 Å². The summed E-state index contributed by atoms with van der Waals surface area (Å²) >= 11 is 10.6. The van der Waals surface area contributed by atoms with Gasteiger partial charge in [0.2, 0.25) is 10.0 Å². The Balaban J connectivity index is 3.03. The van der Waals surface area contributed by atoms with Crippen molar-refractivity contribution in [3.05, 3.63) is 28.8 Å². The SMILES string of the molecule is CS(=O)(=O)CCNS(=O)(=O)c1cc(C(N)=S)ccc1Cl. The van der Waals surface area contributed by atoms with E-state index in [1.807, 2.05) is 0 Å². The lowest BCUT2D eigenvalue weighted by Gasteiger charge is -2.09. The molecule has 0 spiro atoms. The average Bonchev–Trinajstić information content (AvgIpc) is 2.26. The topological polar surface area (TPSA) is 106 Å². The number of thiocarbonyl (C=S) groups is 1. The van der Waals surface area contributed by atoms with Crippen LogP contribution in [0.3, 0.4) is 0 Å². The minimum atomic E-state index is -3.93. The second-order valence-corrected chi connectivity index (χ2v) is 8.88. The minimum Gasteiger partial charge on any atom is -0.389 e. The first-order valence-electron chi connectivity index (χ1n) is 5.30. The van der Waals surface area contributed by atoms with Gasteiger partial charge in [-0.25, -0.2) is 21.6 Å². The van der Waals surface area contributed by atoms with Crippen LogP contribution in [-0.4, -0.2) is 40.4 Å². The molecule has 10 heteroatoms. The highest BCUT2D eigenvalue weighted by atomic mass is 35.5. The number of hydrogen-bond donors (Lipinski definition) is 2. The summed E-state index contributed by atoms with van der Waals surface area (Å²) in [4.78, 5) is -0.160. The summed E-state index contributed by atoms with van der Waals surface area (Å²) in [6.45, 7) is -0.241. The fraction of sp³-hybridized carbons (Fsp3) is 0.300. The molecular weight excluding hydrogens is 344 g/mol. The van der Waals surface area contributed by atoms with Crippen LogP contribution in [0.15, 0.2) is 23.1 Å². The fourth-order valence-corrected chi connectivity index (χ4v) is 3.59. The van der Waals surface area contributed by atoms with Gasteiger partial charge in [0, 0.05) is 18.4 Å². The molecule has 0 fully saturated rings. The summed E-state index contributed by atoms with van der Waals surface area (Å²) in [6, 6.07) is 4.11. The maximum Gasteiger partial charge on any atom is 0.242 e. The number of rotatable bonds is 6. The molecule has 0 saturated carbocycles. The monoisotopic (exact) mass is 356 g/mol. The van der Waals surface area contributed by atoms with Crippen molar-refractivity contribution in [1.29, 1.82) is 0 Å². The van der Waals surface area contributed by atoms with Crippen LogP contribution in [0.4, 0.5) is 0 Å². The van der Waals surface area contributed by atoms with Crippen LogP contribution < -0.4 is 10.5 Å². The summed E-state index contributed by atoms with van der Waals surface area (Å²) < 4.78 is 48.2. The Kier molecular flexibility index (Phi) is 5.50. The Labute approximate surface area is 128 Å². The maximum absolute atomic E-state index is 12.0. The Morgan fingerprint density at radius 3 is 2.45 bits per heavy atom. The summed E-state index contributed by atoms with van der Waals surface area (Å²) in [5, 5.41) is -0.00291. The zero-order chi connectivity index (χ0) is 15.6. The Morgan fingerprint density at radius 2 is 1.95 bits per heavy atom. The molecule has 0 unspecified atom stereocenters. The number of halogens is 1.